The second-order valence-electron chi connectivity index (χ2n) is 4.99. The highest BCUT2D eigenvalue weighted by Crippen LogP contribution is 2.11. The van der Waals surface area contributed by atoms with Crippen LogP contribution < -0.4 is 0 Å². The molecule has 0 saturated heterocycles. The molecule has 21 heavy (non-hydrogen) atoms. The van der Waals surface area contributed by atoms with Gasteiger partial charge in [-0.3, -0.25) is 4.90 Å². The third-order valence-electron chi connectivity index (χ3n) is 3.17. The summed E-state index contributed by atoms with van der Waals surface area (Å²) in [4.78, 5) is 13.4. The Morgan fingerprint density at radius 3 is 2.38 bits per heavy atom. The lowest BCUT2D eigenvalue weighted by Gasteiger charge is -2.17. The maximum Gasteiger partial charge on any atom is 0.337 e. The maximum atomic E-state index is 13.1. The van der Waals surface area contributed by atoms with E-state index in [2.05, 4.69) is 9.64 Å². The molecule has 0 amide bonds. The highest BCUT2D eigenvalue weighted by Gasteiger charge is 2.06. The normalized spacial score (nSPS) is 10.7. The van der Waals surface area contributed by atoms with Gasteiger partial charge in [0.05, 0.1) is 12.7 Å². The van der Waals surface area contributed by atoms with E-state index in [0.717, 1.165) is 17.7 Å². The van der Waals surface area contributed by atoms with Gasteiger partial charge >= 0.3 is 5.97 Å². The smallest absolute Gasteiger partial charge is 0.337 e. The maximum absolute atomic E-state index is 13.1. The molecule has 2 rings (SSSR count). The van der Waals surface area contributed by atoms with E-state index in [0.29, 0.717) is 12.1 Å². The standard InChI is InChI=1S/C17H18FNO2/c1-19(12-14-4-3-5-16(18)10-14)11-13-6-8-15(9-7-13)17(20)21-2/h3-10H,11-12H2,1-2H3. The first-order valence-electron chi connectivity index (χ1n) is 6.68. The van der Waals surface area contributed by atoms with Crippen molar-refractivity contribution in [1.82, 2.24) is 4.90 Å². The Hall–Kier alpha value is -2.20. The van der Waals surface area contributed by atoms with Crippen molar-refractivity contribution in [1.29, 1.82) is 0 Å². The minimum atomic E-state index is -0.338. The van der Waals surface area contributed by atoms with Gasteiger partial charge in [-0.05, 0) is 42.4 Å². The zero-order chi connectivity index (χ0) is 15.2. The first-order valence-corrected chi connectivity index (χ1v) is 6.68. The molecule has 110 valence electrons. The Bertz CT molecular complexity index is 610. The van der Waals surface area contributed by atoms with Crippen LogP contribution in [0.4, 0.5) is 4.39 Å². The van der Waals surface area contributed by atoms with E-state index in [1.165, 1.54) is 19.2 Å². The van der Waals surface area contributed by atoms with Gasteiger partial charge < -0.3 is 4.74 Å². The molecule has 0 aliphatic heterocycles. The zero-order valence-corrected chi connectivity index (χ0v) is 12.2. The van der Waals surface area contributed by atoms with Gasteiger partial charge in [0.15, 0.2) is 0 Å². The summed E-state index contributed by atoms with van der Waals surface area (Å²) in [5.41, 5.74) is 2.55. The number of hydrogen-bond acceptors (Lipinski definition) is 3. The van der Waals surface area contributed by atoms with Crippen molar-refractivity contribution < 1.29 is 13.9 Å². The third-order valence-corrected chi connectivity index (χ3v) is 3.17. The Kier molecular flexibility index (Phi) is 5.06. The first kappa shape index (κ1) is 15.2. The molecular weight excluding hydrogens is 269 g/mol. The monoisotopic (exact) mass is 287 g/mol. The van der Waals surface area contributed by atoms with Crippen LogP contribution >= 0.6 is 0 Å². The SMILES string of the molecule is COC(=O)c1ccc(CN(C)Cc2cccc(F)c2)cc1. The van der Waals surface area contributed by atoms with E-state index < -0.39 is 0 Å². The molecule has 3 nitrogen and oxygen atoms in total. The Labute approximate surface area is 124 Å². The summed E-state index contributed by atoms with van der Waals surface area (Å²) >= 11 is 0. The van der Waals surface area contributed by atoms with Gasteiger partial charge in [0.1, 0.15) is 5.82 Å². The Morgan fingerprint density at radius 2 is 1.76 bits per heavy atom. The van der Waals surface area contributed by atoms with Crippen LogP contribution in [0.15, 0.2) is 48.5 Å². The average molecular weight is 287 g/mol. The lowest BCUT2D eigenvalue weighted by molar-refractivity contribution is 0.0600. The molecule has 0 aromatic heterocycles. The molecular formula is C17H18FNO2. The Balaban J connectivity index is 1.96. The van der Waals surface area contributed by atoms with Crippen LogP contribution in [0.1, 0.15) is 21.5 Å². The Morgan fingerprint density at radius 1 is 1.10 bits per heavy atom. The third kappa shape index (κ3) is 4.39. The van der Waals surface area contributed by atoms with E-state index in [-0.39, 0.29) is 11.8 Å². The van der Waals surface area contributed by atoms with Crippen molar-refractivity contribution >= 4 is 5.97 Å². The number of benzene rings is 2. The van der Waals surface area contributed by atoms with E-state index >= 15 is 0 Å². The highest BCUT2D eigenvalue weighted by atomic mass is 19.1. The summed E-state index contributed by atoms with van der Waals surface area (Å²) in [5.74, 6) is -0.557. The van der Waals surface area contributed by atoms with Gasteiger partial charge in [-0.15, -0.1) is 0 Å². The van der Waals surface area contributed by atoms with Gasteiger partial charge in [-0.1, -0.05) is 24.3 Å². The summed E-state index contributed by atoms with van der Waals surface area (Å²) in [6, 6.07) is 13.9. The van der Waals surface area contributed by atoms with Crippen molar-refractivity contribution in [3.05, 3.63) is 71.0 Å². The van der Waals surface area contributed by atoms with Crippen molar-refractivity contribution in [2.75, 3.05) is 14.2 Å². The topological polar surface area (TPSA) is 29.5 Å². The van der Waals surface area contributed by atoms with Crippen molar-refractivity contribution in [2.45, 2.75) is 13.1 Å². The van der Waals surface area contributed by atoms with Crippen molar-refractivity contribution in [3.8, 4) is 0 Å². The fourth-order valence-electron chi connectivity index (χ4n) is 2.18. The number of nitrogens with zero attached hydrogens (tertiary/aromatic N) is 1. The lowest BCUT2D eigenvalue weighted by atomic mass is 10.1. The van der Waals surface area contributed by atoms with Crippen LogP contribution in [0, 0.1) is 5.82 Å². The average Bonchev–Trinajstić information content (AvgIpc) is 2.47. The van der Waals surface area contributed by atoms with E-state index in [4.69, 9.17) is 0 Å². The molecule has 0 atom stereocenters. The molecule has 0 unspecified atom stereocenters. The number of esters is 1. The fraction of sp³-hybridized carbons (Fsp3) is 0.235. The summed E-state index contributed by atoms with van der Waals surface area (Å²) in [7, 11) is 3.34. The number of ether oxygens (including phenoxy) is 1. The molecule has 2 aromatic carbocycles. The molecule has 2 aromatic rings. The van der Waals surface area contributed by atoms with Crippen LogP contribution in [0.3, 0.4) is 0 Å². The molecule has 0 fully saturated rings. The molecule has 0 N–H and O–H groups in total. The minimum absolute atomic E-state index is 0.219. The van der Waals surface area contributed by atoms with Gasteiger partial charge in [0, 0.05) is 13.1 Å². The summed E-state index contributed by atoms with van der Waals surface area (Å²) in [5, 5.41) is 0. The zero-order valence-electron chi connectivity index (χ0n) is 12.2. The van der Waals surface area contributed by atoms with Crippen molar-refractivity contribution in [3.63, 3.8) is 0 Å². The fourth-order valence-corrected chi connectivity index (χ4v) is 2.18. The van der Waals surface area contributed by atoms with E-state index in [1.54, 1.807) is 18.2 Å². The van der Waals surface area contributed by atoms with Gasteiger partial charge in [-0.2, -0.15) is 0 Å². The van der Waals surface area contributed by atoms with E-state index in [9.17, 15) is 9.18 Å². The predicted molar refractivity (Wildman–Crippen MR) is 79.4 cm³/mol. The quantitative estimate of drug-likeness (QED) is 0.791. The van der Waals surface area contributed by atoms with Crippen LogP contribution in [0.25, 0.3) is 0 Å². The first-order chi connectivity index (χ1) is 10.1. The number of carbonyl (C=O) groups excluding carboxylic acids is 1. The molecule has 0 heterocycles. The van der Waals surface area contributed by atoms with Crippen LogP contribution in [0.2, 0.25) is 0 Å². The van der Waals surface area contributed by atoms with Gasteiger partial charge in [0.2, 0.25) is 0 Å². The predicted octanol–water partition coefficient (Wildman–Crippen LogP) is 3.24. The molecule has 0 aliphatic carbocycles. The number of halogens is 1. The molecule has 0 aliphatic rings. The second-order valence-corrected chi connectivity index (χ2v) is 4.99. The molecule has 0 radical (unpaired) electrons. The van der Waals surface area contributed by atoms with E-state index in [1.807, 2.05) is 25.2 Å². The molecule has 4 heteroatoms. The molecule has 0 bridgehead atoms. The number of methoxy groups -OCH3 is 1. The van der Waals surface area contributed by atoms with Crippen LogP contribution in [-0.2, 0) is 17.8 Å². The number of rotatable bonds is 5. The number of carbonyl (C=O) groups is 1. The lowest BCUT2D eigenvalue weighted by Crippen LogP contribution is -2.17. The van der Waals surface area contributed by atoms with Gasteiger partial charge in [-0.25, -0.2) is 9.18 Å². The van der Waals surface area contributed by atoms with Crippen molar-refractivity contribution in [2.24, 2.45) is 0 Å². The summed E-state index contributed by atoms with van der Waals surface area (Å²) in [6.45, 7) is 1.38. The van der Waals surface area contributed by atoms with Gasteiger partial charge in [0.25, 0.3) is 0 Å². The minimum Gasteiger partial charge on any atom is -0.465 e. The summed E-state index contributed by atoms with van der Waals surface area (Å²) < 4.78 is 17.8. The van der Waals surface area contributed by atoms with Crippen LogP contribution in [0.5, 0.6) is 0 Å². The largest absolute Gasteiger partial charge is 0.465 e. The summed E-state index contributed by atoms with van der Waals surface area (Å²) in [6.07, 6.45) is 0. The highest BCUT2D eigenvalue weighted by molar-refractivity contribution is 5.89. The molecule has 0 saturated carbocycles. The van der Waals surface area contributed by atoms with Crippen LogP contribution in [-0.4, -0.2) is 25.0 Å². The number of hydrogen-bond donors (Lipinski definition) is 0. The molecule has 0 spiro atoms. The second kappa shape index (κ2) is 6.99.